The van der Waals surface area contributed by atoms with Crippen LogP contribution in [-0.2, 0) is 9.47 Å². The first-order valence-electron chi connectivity index (χ1n) is 10.5. The molecule has 1 aliphatic rings. The Kier molecular flexibility index (Phi) is 5.89. The van der Waals surface area contributed by atoms with E-state index in [1.165, 1.54) is 55.6 Å². The van der Waals surface area contributed by atoms with Crippen molar-refractivity contribution in [3.05, 3.63) is 79.8 Å². The summed E-state index contributed by atoms with van der Waals surface area (Å²) in [6.45, 7) is 14.3. The highest BCUT2D eigenvalue weighted by Gasteiger charge is 2.28. The molecular weight excluding hydrogens is 436 g/mol. The van der Waals surface area contributed by atoms with Gasteiger partial charge in [-0.3, -0.25) is 0 Å². The Morgan fingerprint density at radius 3 is 1.37 bits per heavy atom. The van der Waals surface area contributed by atoms with Gasteiger partial charge >= 0.3 is 0 Å². The van der Waals surface area contributed by atoms with Gasteiger partial charge in [-0.2, -0.15) is 0 Å². The van der Waals surface area contributed by atoms with Crippen LogP contribution >= 0.6 is 15.9 Å². The minimum Gasteiger partial charge on any atom is -0.346 e. The van der Waals surface area contributed by atoms with Gasteiger partial charge in [0.05, 0.1) is 13.2 Å². The van der Waals surface area contributed by atoms with Gasteiger partial charge in [0.25, 0.3) is 0 Å². The summed E-state index contributed by atoms with van der Waals surface area (Å²) >= 11 is 3.80. The normalized spacial score (nSPS) is 14.5. The number of benzene rings is 3. The van der Waals surface area contributed by atoms with E-state index in [0.29, 0.717) is 13.2 Å². The third-order valence-electron chi connectivity index (χ3n) is 5.90. The lowest BCUT2D eigenvalue weighted by Crippen LogP contribution is -2.07. The molecule has 0 aromatic heterocycles. The van der Waals surface area contributed by atoms with Crippen LogP contribution in [0.25, 0.3) is 22.3 Å². The average Bonchev–Trinajstić information content (AvgIpc) is 3.14. The molecular formula is C27H29BrO2. The molecule has 3 aromatic carbocycles. The lowest BCUT2D eigenvalue weighted by Gasteiger charge is -2.24. The number of rotatable bonds is 3. The second kappa shape index (κ2) is 8.30. The van der Waals surface area contributed by atoms with Gasteiger partial charge in [-0.1, -0.05) is 51.3 Å². The van der Waals surface area contributed by atoms with E-state index in [1.807, 2.05) is 0 Å². The number of hydrogen-bond donors (Lipinski definition) is 0. The lowest BCUT2D eigenvalue weighted by molar-refractivity contribution is -0.0432. The van der Waals surface area contributed by atoms with Crippen molar-refractivity contribution in [3.8, 4) is 22.3 Å². The number of hydrogen-bond acceptors (Lipinski definition) is 2. The molecule has 1 aliphatic heterocycles. The highest BCUT2D eigenvalue weighted by molar-refractivity contribution is 9.10. The van der Waals surface area contributed by atoms with Gasteiger partial charge in [-0.05, 0) is 98.2 Å². The molecule has 0 N–H and O–H groups in total. The molecule has 0 aliphatic carbocycles. The average molecular weight is 465 g/mol. The fourth-order valence-electron chi connectivity index (χ4n) is 5.02. The van der Waals surface area contributed by atoms with E-state index in [-0.39, 0.29) is 6.29 Å². The summed E-state index contributed by atoms with van der Waals surface area (Å²) in [7, 11) is 0. The maximum Gasteiger partial charge on any atom is 0.185 e. The van der Waals surface area contributed by atoms with Crippen molar-refractivity contribution >= 4 is 15.9 Å². The smallest absolute Gasteiger partial charge is 0.185 e. The van der Waals surface area contributed by atoms with Crippen molar-refractivity contribution in [1.29, 1.82) is 0 Å². The summed E-state index contributed by atoms with van der Waals surface area (Å²) in [5.74, 6) is 0. The summed E-state index contributed by atoms with van der Waals surface area (Å²) in [5, 5.41) is 0. The quantitative estimate of drug-likeness (QED) is 0.395. The summed E-state index contributed by atoms with van der Waals surface area (Å²) in [5.41, 5.74) is 13.7. The molecule has 0 unspecified atom stereocenters. The Labute approximate surface area is 188 Å². The van der Waals surface area contributed by atoms with Crippen LogP contribution in [0.3, 0.4) is 0 Å². The Balaban J connectivity index is 2.09. The molecule has 3 aromatic rings. The summed E-state index contributed by atoms with van der Waals surface area (Å²) in [6, 6.07) is 13.5. The van der Waals surface area contributed by atoms with Crippen LogP contribution in [0.1, 0.15) is 45.2 Å². The number of aryl methyl sites for hydroxylation is 6. The first-order valence-corrected chi connectivity index (χ1v) is 11.3. The van der Waals surface area contributed by atoms with E-state index in [2.05, 4.69) is 93.9 Å². The van der Waals surface area contributed by atoms with Gasteiger partial charge in [0.1, 0.15) is 0 Å². The zero-order valence-electron chi connectivity index (χ0n) is 18.7. The SMILES string of the molecule is Cc1cc(C)c(-c2cc(Br)cc(-c3c(C)cc(C)cc3C)c2C2OCCO2)c(C)c1. The largest absolute Gasteiger partial charge is 0.346 e. The van der Waals surface area contributed by atoms with E-state index >= 15 is 0 Å². The molecule has 0 atom stereocenters. The van der Waals surface area contributed by atoms with Crippen LogP contribution in [0.5, 0.6) is 0 Å². The molecule has 1 fully saturated rings. The van der Waals surface area contributed by atoms with E-state index in [0.717, 1.165) is 10.0 Å². The third-order valence-corrected chi connectivity index (χ3v) is 6.35. The summed E-state index contributed by atoms with van der Waals surface area (Å²) in [6.07, 6.45) is -0.358. The van der Waals surface area contributed by atoms with Gasteiger partial charge < -0.3 is 9.47 Å². The maximum atomic E-state index is 6.07. The molecule has 0 saturated carbocycles. The number of halogens is 1. The molecule has 3 heteroatoms. The molecule has 2 nitrogen and oxygen atoms in total. The first-order chi connectivity index (χ1) is 14.3. The molecule has 0 bridgehead atoms. The van der Waals surface area contributed by atoms with Crippen molar-refractivity contribution in [2.24, 2.45) is 0 Å². The summed E-state index contributed by atoms with van der Waals surface area (Å²) < 4.78 is 13.2. The van der Waals surface area contributed by atoms with Gasteiger partial charge in [-0.15, -0.1) is 0 Å². The topological polar surface area (TPSA) is 18.5 Å². The lowest BCUT2D eigenvalue weighted by atomic mass is 9.84. The predicted molar refractivity (Wildman–Crippen MR) is 128 cm³/mol. The van der Waals surface area contributed by atoms with Crippen molar-refractivity contribution in [2.75, 3.05) is 13.2 Å². The van der Waals surface area contributed by atoms with Gasteiger partial charge in [-0.25, -0.2) is 0 Å². The molecule has 30 heavy (non-hydrogen) atoms. The Morgan fingerprint density at radius 2 is 1.00 bits per heavy atom. The van der Waals surface area contributed by atoms with E-state index in [4.69, 9.17) is 9.47 Å². The van der Waals surface area contributed by atoms with Crippen molar-refractivity contribution in [3.63, 3.8) is 0 Å². The van der Waals surface area contributed by atoms with Gasteiger partial charge in [0.15, 0.2) is 6.29 Å². The van der Waals surface area contributed by atoms with Crippen molar-refractivity contribution in [1.82, 2.24) is 0 Å². The van der Waals surface area contributed by atoms with Crippen LogP contribution in [0.15, 0.2) is 40.9 Å². The highest BCUT2D eigenvalue weighted by Crippen LogP contribution is 2.45. The Morgan fingerprint density at radius 1 is 0.633 bits per heavy atom. The zero-order chi connectivity index (χ0) is 21.6. The van der Waals surface area contributed by atoms with Crippen molar-refractivity contribution < 1.29 is 9.47 Å². The minimum absolute atomic E-state index is 0.358. The summed E-state index contributed by atoms with van der Waals surface area (Å²) in [4.78, 5) is 0. The van der Waals surface area contributed by atoms with Gasteiger partial charge in [0, 0.05) is 10.0 Å². The van der Waals surface area contributed by atoms with Crippen LogP contribution in [0, 0.1) is 41.5 Å². The zero-order valence-corrected chi connectivity index (χ0v) is 20.2. The molecule has 1 saturated heterocycles. The third kappa shape index (κ3) is 3.87. The van der Waals surface area contributed by atoms with Crippen LogP contribution in [0.2, 0.25) is 0 Å². The second-order valence-corrected chi connectivity index (χ2v) is 9.45. The van der Waals surface area contributed by atoms with Crippen molar-refractivity contribution in [2.45, 2.75) is 47.8 Å². The second-order valence-electron chi connectivity index (χ2n) is 8.54. The van der Waals surface area contributed by atoms with E-state index in [9.17, 15) is 0 Å². The molecule has 0 amide bonds. The Bertz CT molecular complexity index is 999. The van der Waals surface area contributed by atoms with Crippen LogP contribution in [-0.4, -0.2) is 13.2 Å². The van der Waals surface area contributed by atoms with E-state index < -0.39 is 0 Å². The van der Waals surface area contributed by atoms with Crippen LogP contribution < -0.4 is 0 Å². The molecule has 4 rings (SSSR count). The highest BCUT2D eigenvalue weighted by atomic mass is 79.9. The Hall–Kier alpha value is -1.94. The predicted octanol–water partition coefficient (Wildman–Crippen LogP) is 7.68. The molecule has 1 heterocycles. The fraction of sp³-hybridized carbons (Fsp3) is 0.333. The minimum atomic E-state index is -0.358. The fourth-order valence-corrected chi connectivity index (χ4v) is 5.48. The molecule has 0 radical (unpaired) electrons. The van der Waals surface area contributed by atoms with E-state index in [1.54, 1.807) is 0 Å². The number of ether oxygens (including phenoxy) is 2. The monoisotopic (exact) mass is 464 g/mol. The molecule has 0 spiro atoms. The maximum absolute atomic E-state index is 6.07. The standard InChI is InChI=1S/C27H29BrO2/c1-15-9-17(3)24(18(4)10-15)22-13-21(28)14-23(26(22)27-29-7-8-30-27)25-19(5)11-16(2)12-20(25)6/h9-14,27H,7-8H2,1-6H3. The molecule has 156 valence electrons. The van der Waals surface area contributed by atoms with Crippen LogP contribution in [0.4, 0.5) is 0 Å². The van der Waals surface area contributed by atoms with Gasteiger partial charge in [0.2, 0.25) is 0 Å². The first kappa shape index (κ1) is 21.3.